The number of sulfonamides is 1. The van der Waals surface area contributed by atoms with Gasteiger partial charge in [-0.2, -0.15) is 0 Å². The molecule has 2 aromatic carbocycles. The van der Waals surface area contributed by atoms with Gasteiger partial charge in [-0.3, -0.25) is 19.3 Å². The van der Waals surface area contributed by atoms with Crippen molar-refractivity contribution in [2.45, 2.75) is 18.2 Å². The smallest absolute Gasteiger partial charge is 0.261 e. The number of carbonyl (C=O) groups excluding carboxylic acids is 2. The normalized spacial score (nSPS) is 12.9. The molecule has 0 bridgehead atoms. The van der Waals surface area contributed by atoms with Crippen LogP contribution in [0.4, 0.5) is 17.1 Å². The second kappa shape index (κ2) is 8.19. The van der Waals surface area contributed by atoms with E-state index in [1.807, 2.05) is 6.07 Å². The number of amides is 2. The molecule has 0 aliphatic carbocycles. The molecular weight excluding hydrogens is 416 g/mol. The van der Waals surface area contributed by atoms with E-state index < -0.39 is 10.0 Å². The highest BCUT2D eigenvalue weighted by Gasteiger charge is 2.26. The highest BCUT2D eigenvalue weighted by molar-refractivity contribution is 7.92. The number of hydrogen-bond acceptors (Lipinski definition) is 5. The van der Waals surface area contributed by atoms with Crippen LogP contribution in [-0.2, 0) is 21.2 Å². The third-order valence-electron chi connectivity index (χ3n) is 4.87. The summed E-state index contributed by atoms with van der Waals surface area (Å²) in [4.78, 5) is 29.7. The molecule has 0 fully saturated rings. The van der Waals surface area contributed by atoms with Gasteiger partial charge in [0.05, 0.1) is 16.1 Å². The Bertz CT molecular complexity index is 1240. The molecule has 1 aliphatic rings. The topological polar surface area (TPSA) is 108 Å². The average Bonchev–Trinajstić information content (AvgIpc) is 3.17. The maximum absolute atomic E-state index is 12.9. The van der Waals surface area contributed by atoms with Gasteiger partial charge in [0.2, 0.25) is 5.91 Å². The van der Waals surface area contributed by atoms with E-state index in [4.69, 9.17) is 0 Å². The van der Waals surface area contributed by atoms with E-state index in [9.17, 15) is 18.0 Å². The van der Waals surface area contributed by atoms with Crippen molar-refractivity contribution in [1.82, 2.24) is 4.98 Å². The zero-order valence-electron chi connectivity index (χ0n) is 16.7. The van der Waals surface area contributed by atoms with E-state index in [0.29, 0.717) is 35.6 Å². The number of hydrogen-bond donors (Lipinski definition) is 2. The maximum atomic E-state index is 12.9. The second-order valence-corrected chi connectivity index (χ2v) is 8.79. The lowest BCUT2D eigenvalue weighted by atomic mass is 10.1. The number of rotatable bonds is 5. The largest absolute Gasteiger partial charge is 0.326 e. The lowest BCUT2D eigenvalue weighted by Gasteiger charge is -2.18. The van der Waals surface area contributed by atoms with E-state index in [-0.39, 0.29) is 16.7 Å². The molecule has 0 saturated heterocycles. The first-order valence-corrected chi connectivity index (χ1v) is 11.1. The quantitative estimate of drug-likeness (QED) is 0.639. The van der Waals surface area contributed by atoms with Crippen molar-refractivity contribution in [3.63, 3.8) is 0 Å². The number of anilines is 3. The number of pyridine rings is 1. The van der Waals surface area contributed by atoms with Crippen LogP contribution in [0.3, 0.4) is 0 Å². The first kappa shape index (κ1) is 20.5. The van der Waals surface area contributed by atoms with Crippen LogP contribution in [0.1, 0.15) is 22.8 Å². The Kier molecular flexibility index (Phi) is 5.43. The van der Waals surface area contributed by atoms with Crippen LogP contribution in [-0.4, -0.2) is 31.8 Å². The molecule has 158 valence electrons. The van der Waals surface area contributed by atoms with Crippen LogP contribution in [0.15, 0.2) is 71.9 Å². The zero-order valence-corrected chi connectivity index (χ0v) is 17.5. The Morgan fingerprint density at radius 1 is 1.03 bits per heavy atom. The molecule has 0 spiro atoms. The maximum Gasteiger partial charge on any atom is 0.261 e. The zero-order chi connectivity index (χ0) is 22.0. The van der Waals surface area contributed by atoms with Gasteiger partial charge in [-0.1, -0.05) is 6.07 Å². The number of nitrogens with zero attached hydrogens (tertiary/aromatic N) is 2. The minimum absolute atomic E-state index is 0.0605. The van der Waals surface area contributed by atoms with Crippen LogP contribution >= 0.6 is 0 Å². The van der Waals surface area contributed by atoms with Crippen LogP contribution in [0.5, 0.6) is 0 Å². The average molecular weight is 436 g/mol. The molecule has 1 aromatic heterocycles. The van der Waals surface area contributed by atoms with E-state index in [1.165, 1.54) is 37.4 Å². The van der Waals surface area contributed by atoms with Crippen LogP contribution < -0.4 is 14.9 Å². The molecular formula is C22H20N4O4S. The molecule has 0 saturated carbocycles. The molecule has 3 aromatic rings. The predicted molar refractivity (Wildman–Crippen MR) is 118 cm³/mol. The molecule has 4 rings (SSSR count). The summed E-state index contributed by atoms with van der Waals surface area (Å²) in [5.41, 5.74) is 2.99. The number of nitrogens with one attached hydrogen (secondary N) is 2. The Balaban J connectivity index is 1.56. The minimum Gasteiger partial charge on any atom is -0.326 e. The Labute approximate surface area is 180 Å². The number of aromatic nitrogens is 1. The highest BCUT2D eigenvalue weighted by Crippen LogP contribution is 2.32. The minimum atomic E-state index is -3.84. The van der Waals surface area contributed by atoms with Crippen LogP contribution in [0, 0.1) is 0 Å². The summed E-state index contributed by atoms with van der Waals surface area (Å²) in [6.07, 6.45) is 3.81. The van der Waals surface area contributed by atoms with E-state index in [1.54, 1.807) is 35.4 Å². The second-order valence-electron chi connectivity index (χ2n) is 7.10. The summed E-state index contributed by atoms with van der Waals surface area (Å²) in [6, 6.07) is 14.4. The molecule has 1 aliphatic heterocycles. The van der Waals surface area contributed by atoms with Crippen molar-refractivity contribution in [3.05, 3.63) is 78.1 Å². The van der Waals surface area contributed by atoms with Gasteiger partial charge in [-0.05, 0) is 60.5 Å². The van der Waals surface area contributed by atoms with Crippen molar-refractivity contribution in [2.24, 2.45) is 0 Å². The summed E-state index contributed by atoms with van der Waals surface area (Å²) in [5.74, 6) is -0.419. The van der Waals surface area contributed by atoms with Crippen LogP contribution in [0.2, 0.25) is 0 Å². The molecule has 31 heavy (non-hydrogen) atoms. The number of fused-ring (bicyclic) bond motifs is 1. The predicted octanol–water partition coefficient (Wildman–Crippen LogP) is 3.04. The fraction of sp³-hybridized carbons (Fsp3) is 0.136. The van der Waals surface area contributed by atoms with Gasteiger partial charge in [-0.15, -0.1) is 0 Å². The summed E-state index contributed by atoms with van der Waals surface area (Å²) in [6.45, 7) is 1.90. The lowest BCUT2D eigenvalue weighted by Crippen LogP contribution is -2.29. The van der Waals surface area contributed by atoms with Crippen molar-refractivity contribution >= 4 is 38.9 Å². The first-order chi connectivity index (χ1) is 14.8. The van der Waals surface area contributed by atoms with E-state index >= 15 is 0 Å². The van der Waals surface area contributed by atoms with Gasteiger partial charge < -0.3 is 10.2 Å². The monoisotopic (exact) mass is 436 g/mol. The van der Waals surface area contributed by atoms with E-state index in [0.717, 1.165) is 5.56 Å². The van der Waals surface area contributed by atoms with Crippen LogP contribution in [0.25, 0.3) is 0 Å². The molecule has 9 heteroatoms. The van der Waals surface area contributed by atoms with Crippen molar-refractivity contribution in [3.8, 4) is 0 Å². The lowest BCUT2D eigenvalue weighted by molar-refractivity contribution is -0.114. The molecule has 0 radical (unpaired) electrons. The van der Waals surface area contributed by atoms with Crippen molar-refractivity contribution < 1.29 is 18.0 Å². The summed E-state index contributed by atoms with van der Waals surface area (Å²) in [7, 11) is -3.84. The Hall–Kier alpha value is -3.72. The van der Waals surface area contributed by atoms with Gasteiger partial charge >= 0.3 is 0 Å². The molecule has 0 unspecified atom stereocenters. The highest BCUT2D eigenvalue weighted by atomic mass is 32.2. The van der Waals surface area contributed by atoms with Gasteiger partial charge in [0.15, 0.2) is 0 Å². The first-order valence-electron chi connectivity index (χ1n) is 9.59. The molecule has 0 atom stereocenters. The van der Waals surface area contributed by atoms with Gasteiger partial charge in [0.1, 0.15) is 0 Å². The van der Waals surface area contributed by atoms with Gasteiger partial charge in [0.25, 0.3) is 15.9 Å². The summed E-state index contributed by atoms with van der Waals surface area (Å²) >= 11 is 0. The SMILES string of the molecule is CC(=O)Nc1ccc(S(=O)(=O)Nc2ccc3c(c2)N(C(=O)c2cccnc2)CC3)cc1. The van der Waals surface area contributed by atoms with Gasteiger partial charge in [-0.25, -0.2) is 8.42 Å². The van der Waals surface area contributed by atoms with Crippen molar-refractivity contribution in [1.29, 1.82) is 0 Å². The third-order valence-corrected chi connectivity index (χ3v) is 6.27. The Morgan fingerprint density at radius 2 is 1.77 bits per heavy atom. The van der Waals surface area contributed by atoms with E-state index in [2.05, 4.69) is 15.0 Å². The number of carbonyl (C=O) groups is 2. The Morgan fingerprint density at radius 3 is 2.45 bits per heavy atom. The molecule has 2 amide bonds. The molecule has 2 heterocycles. The summed E-state index contributed by atoms with van der Waals surface area (Å²) < 4.78 is 28.1. The molecule has 2 N–H and O–H groups in total. The fourth-order valence-electron chi connectivity index (χ4n) is 3.43. The fourth-order valence-corrected chi connectivity index (χ4v) is 4.48. The standard InChI is InChI=1S/C22H20N4O4S/c1-15(27)24-18-6-8-20(9-7-18)31(29,30)25-19-5-4-16-10-12-26(21(16)13-19)22(28)17-3-2-11-23-14-17/h2-9,11,13-14,25H,10,12H2,1H3,(H,24,27). The third kappa shape index (κ3) is 4.41. The molecule has 8 nitrogen and oxygen atoms in total. The van der Waals surface area contributed by atoms with Gasteiger partial charge in [0, 0.05) is 37.2 Å². The van der Waals surface area contributed by atoms with Crippen molar-refractivity contribution in [2.75, 3.05) is 21.5 Å². The summed E-state index contributed by atoms with van der Waals surface area (Å²) in [5, 5.41) is 2.59. The number of benzene rings is 2.